The highest BCUT2D eigenvalue weighted by Gasteiger charge is 2.18. The topological polar surface area (TPSA) is 57.7 Å². The number of carbonyl (C=O) groups excluding carboxylic acids is 1. The van der Waals surface area contributed by atoms with Gasteiger partial charge in [-0.25, -0.2) is 4.98 Å². The molecule has 0 aliphatic carbocycles. The molecule has 0 saturated carbocycles. The second-order valence-electron chi connectivity index (χ2n) is 6.07. The number of amides is 1. The van der Waals surface area contributed by atoms with Crippen molar-refractivity contribution in [1.29, 1.82) is 0 Å². The van der Waals surface area contributed by atoms with E-state index < -0.39 is 0 Å². The molecule has 1 saturated heterocycles. The Kier molecular flexibility index (Phi) is 5.73. The van der Waals surface area contributed by atoms with Gasteiger partial charge in [0.25, 0.3) is 5.91 Å². The van der Waals surface area contributed by atoms with E-state index in [1.165, 1.54) is 5.69 Å². The normalized spacial score (nSPS) is 14.0. The number of aromatic nitrogens is 1. The highest BCUT2D eigenvalue weighted by atomic mass is 16.5. The molecule has 2 heterocycles. The molecule has 0 atom stereocenters. The summed E-state index contributed by atoms with van der Waals surface area (Å²) in [6.07, 6.45) is 3.42. The Morgan fingerprint density at radius 1 is 1.12 bits per heavy atom. The van der Waals surface area contributed by atoms with Crippen LogP contribution >= 0.6 is 0 Å². The monoisotopic (exact) mass is 352 g/mol. The number of nitrogens with one attached hydrogen (secondary N) is 1. The predicted molar refractivity (Wildman–Crippen MR) is 104 cm³/mol. The van der Waals surface area contributed by atoms with Gasteiger partial charge in [-0.15, -0.1) is 6.58 Å². The van der Waals surface area contributed by atoms with Gasteiger partial charge in [0.15, 0.2) is 0 Å². The Morgan fingerprint density at radius 3 is 2.27 bits per heavy atom. The lowest BCUT2D eigenvalue weighted by Crippen LogP contribution is -2.46. The van der Waals surface area contributed by atoms with Crippen LogP contribution in [-0.4, -0.2) is 50.7 Å². The lowest BCUT2D eigenvalue weighted by molar-refractivity contribution is 0.0953. The molecule has 1 amide bonds. The maximum absolute atomic E-state index is 11.9. The Bertz CT molecular complexity index is 735. The number of nitrogens with zero attached hydrogens (tertiary/aromatic N) is 3. The predicted octanol–water partition coefficient (Wildman–Crippen LogP) is 2.33. The van der Waals surface area contributed by atoms with E-state index in [1.54, 1.807) is 25.4 Å². The van der Waals surface area contributed by atoms with Crippen molar-refractivity contribution in [2.75, 3.05) is 49.6 Å². The molecule has 6 heteroatoms. The molecular weight excluding hydrogens is 328 g/mol. The Balaban J connectivity index is 1.57. The zero-order chi connectivity index (χ0) is 18.4. The molecule has 0 radical (unpaired) electrons. The van der Waals surface area contributed by atoms with Crippen molar-refractivity contribution in [2.24, 2.45) is 0 Å². The van der Waals surface area contributed by atoms with Gasteiger partial charge in [0.2, 0.25) is 0 Å². The SMILES string of the molecule is C=CCNC(=O)c1ccc(N2CCN(c3ccc(OC)cc3)CC2)cn1. The van der Waals surface area contributed by atoms with Crippen LogP contribution in [-0.2, 0) is 0 Å². The number of carbonyl (C=O) groups is 1. The van der Waals surface area contributed by atoms with E-state index in [9.17, 15) is 4.79 Å². The fourth-order valence-electron chi connectivity index (χ4n) is 2.98. The van der Waals surface area contributed by atoms with Crippen LogP contribution in [0.1, 0.15) is 10.5 Å². The highest BCUT2D eigenvalue weighted by Crippen LogP contribution is 2.22. The van der Waals surface area contributed by atoms with Gasteiger partial charge in [0.05, 0.1) is 19.0 Å². The van der Waals surface area contributed by atoms with Crippen molar-refractivity contribution >= 4 is 17.3 Å². The number of benzene rings is 1. The smallest absolute Gasteiger partial charge is 0.270 e. The molecule has 6 nitrogen and oxygen atoms in total. The largest absolute Gasteiger partial charge is 0.497 e. The minimum Gasteiger partial charge on any atom is -0.497 e. The van der Waals surface area contributed by atoms with Crippen LogP contribution in [0.3, 0.4) is 0 Å². The van der Waals surface area contributed by atoms with E-state index in [0.717, 1.165) is 37.6 Å². The summed E-state index contributed by atoms with van der Waals surface area (Å²) in [6, 6.07) is 11.9. The summed E-state index contributed by atoms with van der Waals surface area (Å²) in [5.41, 5.74) is 2.67. The standard InChI is InChI=1S/C20H24N4O2/c1-3-10-21-20(25)19-9-6-17(15-22-19)24-13-11-23(12-14-24)16-4-7-18(26-2)8-5-16/h3-9,15H,1,10-14H2,2H3,(H,21,25). The third-order valence-corrected chi connectivity index (χ3v) is 4.47. The lowest BCUT2D eigenvalue weighted by atomic mass is 10.2. The number of ether oxygens (including phenoxy) is 1. The maximum atomic E-state index is 11.9. The summed E-state index contributed by atoms with van der Waals surface area (Å²) in [7, 11) is 1.68. The summed E-state index contributed by atoms with van der Waals surface area (Å²) in [5, 5.41) is 2.73. The molecule has 1 fully saturated rings. The van der Waals surface area contributed by atoms with Gasteiger partial charge >= 0.3 is 0 Å². The molecule has 26 heavy (non-hydrogen) atoms. The Hall–Kier alpha value is -3.02. The van der Waals surface area contributed by atoms with Crippen molar-refractivity contribution in [3.05, 3.63) is 60.9 Å². The third-order valence-electron chi connectivity index (χ3n) is 4.47. The highest BCUT2D eigenvalue weighted by molar-refractivity contribution is 5.92. The number of hydrogen-bond acceptors (Lipinski definition) is 5. The molecule has 3 rings (SSSR count). The van der Waals surface area contributed by atoms with Crippen LogP contribution in [0.25, 0.3) is 0 Å². The Labute approximate surface area is 154 Å². The van der Waals surface area contributed by atoms with E-state index in [1.807, 2.05) is 18.2 Å². The average molecular weight is 352 g/mol. The molecule has 1 aromatic heterocycles. The fraction of sp³-hybridized carbons (Fsp3) is 0.300. The van der Waals surface area contributed by atoms with E-state index >= 15 is 0 Å². The number of anilines is 2. The summed E-state index contributed by atoms with van der Waals surface area (Å²) in [6.45, 7) is 7.73. The molecule has 0 spiro atoms. The molecule has 0 bridgehead atoms. The molecular formula is C20H24N4O2. The first-order valence-corrected chi connectivity index (χ1v) is 8.70. The van der Waals surface area contributed by atoms with E-state index in [2.05, 4.69) is 38.8 Å². The lowest BCUT2D eigenvalue weighted by Gasteiger charge is -2.37. The Morgan fingerprint density at radius 2 is 1.73 bits per heavy atom. The van der Waals surface area contributed by atoms with Crippen LogP contribution in [0.5, 0.6) is 5.75 Å². The van der Waals surface area contributed by atoms with Gasteiger partial charge in [-0.05, 0) is 36.4 Å². The first-order valence-electron chi connectivity index (χ1n) is 8.70. The van der Waals surface area contributed by atoms with E-state index in [-0.39, 0.29) is 5.91 Å². The summed E-state index contributed by atoms with van der Waals surface area (Å²) in [4.78, 5) is 20.8. The number of pyridine rings is 1. The molecule has 2 aromatic rings. The van der Waals surface area contributed by atoms with E-state index in [4.69, 9.17) is 4.74 Å². The van der Waals surface area contributed by atoms with E-state index in [0.29, 0.717) is 12.2 Å². The van der Waals surface area contributed by atoms with Gasteiger partial charge in [-0.1, -0.05) is 6.08 Å². The summed E-state index contributed by atoms with van der Waals surface area (Å²) < 4.78 is 5.21. The second kappa shape index (κ2) is 8.38. The first-order chi connectivity index (χ1) is 12.7. The van der Waals surface area contributed by atoms with Gasteiger partial charge in [0.1, 0.15) is 11.4 Å². The van der Waals surface area contributed by atoms with Gasteiger partial charge in [-0.2, -0.15) is 0 Å². The number of rotatable bonds is 6. The maximum Gasteiger partial charge on any atom is 0.270 e. The first kappa shape index (κ1) is 17.8. The minimum atomic E-state index is -0.180. The van der Waals surface area contributed by atoms with Gasteiger partial charge < -0.3 is 19.9 Å². The van der Waals surface area contributed by atoms with Crippen LogP contribution in [0.2, 0.25) is 0 Å². The zero-order valence-corrected chi connectivity index (χ0v) is 15.0. The summed E-state index contributed by atoms with van der Waals surface area (Å²) >= 11 is 0. The molecule has 1 aliphatic heterocycles. The number of methoxy groups -OCH3 is 1. The quantitative estimate of drug-likeness (QED) is 0.809. The molecule has 136 valence electrons. The van der Waals surface area contributed by atoms with Crippen LogP contribution in [0, 0.1) is 0 Å². The fourth-order valence-corrected chi connectivity index (χ4v) is 2.98. The van der Waals surface area contributed by atoms with Crippen molar-refractivity contribution in [3.8, 4) is 5.75 Å². The van der Waals surface area contributed by atoms with Gasteiger partial charge in [-0.3, -0.25) is 4.79 Å². The van der Waals surface area contributed by atoms with Crippen molar-refractivity contribution in [3.63, 3.8) is 0 Å². The molecule has 0 unspecified atom stereocenters. The molecule has 1 aromatic carbocycles. The minimum absolute atomic E-state index is 0.180. The summed E-state index contributed by atoms with van der Waals surface area (Å²) in [5.74, 6) is 0.691. The van der Waals surface area contributed by atoms with Crippen LogP contribution in [0.15, 0.2) is 55.3 Å². The second-order valence-corrected chi connectivity index (χ2v) is 6.07. The van der Waals surface area contributed by atoms with Crippen molar-refractivity contribution < 1.29 is 9.53 Å². The van der Waals surface area contributed by atoms with Crippen LogP contribution < -0.4 is 19.9 Å². The number of hydrogen-bond donors (Lipinski definition) is 1. The average Bonchev–Trinajstić information content (AvgIpc) is 2.72. The van der Waals surface area contributed by atoms with Crippen molar-refractivity contribution in [2.45, 2.75) is 0 Å². The van der Waals surface area contributed by atoms with Crippen LogP contribution in [0.4, 0.5) is 11.4 Å². The third kappa shape index (κ3) is 4.14. The molecule has 1 aliphatic rings. The zero-order valence-electron chi connectivity index (χ0n) is 15.0. The van der Waals surface area contributed by atoms with Crippen molar-refractivity contribution in [1.82, 2.24) is 10.3 Å². The number of piperazine rings is 1. The van der Waals surface area contributed by atoms with Gasteiger partial charge in [0, 0.05) is 38.4 Å². The molecule has 1 N–H and O–H groups in total.